The molecule has 6 rings (SSSR count). The lowest BCUT2D eigenvalue weighted by molar-refractivity contribution is -0.120. The minimum absolute atomic E-state index is 0.0670. The van der Waals surface area contributed by atoms with Crippen molar-refractivity contribution in [3.63, 3.8) is 0 Å². The summed E-state index contributed by atoms with van der Waals surface area (Å²) in [5.41, 5.74) is 8.03. The van der Waals surface area contributed by atoms with Crippen LogP contribution in [0.15, 0.2) is 60.7 Å². The molecule has 7 nitrogen and oxygen atoms in total. The van der Waals surface area contributed by atoms with E-state index in [4.69, 9.17) is 0 Å². The van der Waals surface area contributed by atoms with Crippen LogP contribution in [-0.4, -0.2) is 39.0 Å². The second-order valence-corrected chi connectivity index (χ2v) is 9.57. The fourth-order valence-electron chi connectivity index (χ4n) is 5.33. The van der Waals surface area contributed by atoms with Crippen molar-refractivity contribution < 1.29 is 4.79 Å². The molecule has 35 heavy (non-hydrogen) atoms. The third-order valence-corrected chi connectivity index (χ3v) is 7.04. The largest absolute Gasteiger partial charge is 0.354 e. The van der Waals surface area contributed by atoms with Crippen molar-refractivity contribution in [3.05, 3.63) is 83.2 Å². The number of aromatic nitrogens is 4. The van der Waals surface area contributed by atoms with Gasteiger partial charge >= 0.3 is 0 Å². The lowest BCUT2D eigenvalue weighted by atomic mass is 9.97. The minimum atomic E-state index is -0.0910. The summed E-state index contributed by atoms with van der Waals surface area (Å²) >= 11 is 0. The molecule has 0 saturated carbocycles. The summed E-state index contributed by atoms with van der Waals surface area (Å²) in [6.07, 6.45) is 2.73. The average Bonchev–Trinajstić information content (AvgIpc) is 3.42. The standard InChI is InChI=1S/C28H28N6O/c1-18-14-19(2)34(32-18)27-12-11-26(30-31-27)33-13-5-7-21(17-33)28(35)29-23-9-10-25-22(16-23)15-20-6-3-4-8-24(20)25/h3-4,6,8-12,14,16,21H,5,7,13,15,17H2,1-2H3,(H,29,35). The average molecular weight is 465 g/mol. The SMILES string of the molecule is Cc1cc(C)n(-c2ccc(N3CCCC(C(=O)Nc4ccc5c(c4)Cc4ccccc4-5)C3)nn2)n1. The van der Waals surface area contributed by atoms with Gasteiger partial charge in [-0.25, -0.2) is 4.68 Å². The molecule has 0 spiro atoms. The monoisotopic (exact) mass is 464 g/mol. The Balaban J connectivity index is 1.13. The van der Waals surface area contributed by atoms with Gasteiger partial charge in [-0.1, -0.05) is 30.3 Å². The van der Waals surface area contributed by atoms with E-state index in [1.54, 1.807) is 4.68 Å². The highest BCUT2D eigenvalue weighted by molar-refractivity contribution is 5.94. The van der Waals surface area contributed by atoms with Crippen molar-refractivity contribution in [1.29, 1.82) is 0 Å². The lowest BCUT2D eigenvalue weighted by Gasteiger charge is -2.32. The van der Waals surface area contributed by atoms with Crippen molar-refractivity contribution in [2.75, 3.05) is 23.3 Å². The maximum atomic E-state index is 13.2. The van der Waals surface area contributed by atoms with Gasteiger partial charge in [0, 0.05) is 24.5 Å². The molecule has 1 aliphatic heterocycles. The molecule has 3 heterocycles. The van der Waals surface area contributed by atoms with E-state index in [9.17, 15) is 4.79 Å². The van der Waals surface area contributed by atoms with Crippen LogP contribution in [0.25, 0.3) is 16.9 Å². The summed E-state index contributed by atoms with van der Waals surface area (Å²) in [4.78, 5) is 15.3. The normalized spacial score (nSPS) is 16.6. The van der Waals surface area contributed by atoms with E-state index >= 15 is 0 Å². The van der Waals surface area contributed by atoms with Crippen LogP contribution in [0.1, 0.15) is 35.4 Å². The number of hydrogen-bond donors (Lipinski definition) is 1. The van der Waals surface area contributed by atoms with Gasteiger partial charge in [-0.05, 0) is 85.7 Å². The van der Waals surface area contributed by atoms with E-state index in [-0.39, 0.29) is 11.8 Å². The number of nitrogens with zero attached hydrogens (tertiary/aromatic N) is 5. The summed E-state index contributed by atoms with van der Waals surface area (Å²) in [7, 11) is 0. The van der Waals surface area contributed by atoms with Crippen molar-refractivity contribution >= 4 is 17.4 Å². The number of carbonyl (C=O) groups is 1. The zero-order valence-electron chi connectivity index (χ0n) is 20.0. The predicted octanol–water partition coefficient (Wildman–Crippen LogP) is 4.71. The first-order valence-electron chi connectivity index (χ1n) is 12.2. The second kappa shape index (κ2) is 8.65. The van der Waals surface area contributed by atoms with Crippen LogP contribution < -0.4 is 10.2 Å². The molecule has 1 saturated heterocycles. The lowest BCUT2D eigenvalue weighted by Crippen LogP contribution is -2.41. The Bertz CT molecular complexity index is 1410. The number of anilines is 2. The van der Waals surface area contributed by atoms with Crippen LogP contribution in [0, 0.1) is 19.8 Å². The third-order valence-electron chi connectivity index (χ3n) is 7.04. The Morgan fingerprint density at radius 2 is 1.74 bits per heavy atom. The van der Waals surface area contributed by atoms with Gasteiger partial charge in [0.2, 0.25) is 5.91 Å². The third kappa shape index (κ3) is 4.07. The molecule has 2 aromatic heterocycles. The van der Waals surface area contributed by atoms with E-state index < -0.39 is 0 Å². The molecule has 1 amide bonds. The molecule has 0 radical (unpaired) electrons. The molecule has 7 heteroatoms. The van der Waals surface area contributed by atoms with Gasteiger partial charge in [-0.15, -0.1) is 10.2 Å². The van der Waals surface area contributed by atoms with E-state index in [2.05, 4.69) is 61.9 Å². The number of carbonyl (C=O) groups excluding carboxylic acids is 1. The zero-order chi connectivity index (χ0) is 23.9. The Kier molecular flexibility index (Phi) is 5.32. The van der Waals surface area contributed by atoms with Crippen LogP contribution in [0.2, 0.25) is 0 Å². The quantitative estimate of drug-likeness (QED) is 0.417. The van der Waals surface area contributed by atoms with Gasteiger partial charge < -0.3 is 10.2 Å². The highest BCUT2D eigenvalue weighted by atomic mass is 16.1. The van der Waals surface area contributed by atoms with Crippen molar-refractivity contribution in [2.24, 2.45) is 5.92 Å². The number of hydrogen-bond acceptors (Lipinski definition) is 5. The first-order chi connectivity index (χ1) is 17.0. The summed E-state index contributed by atoms with van der Waals surface area (Å²) in [6.45, 7) is 5.47. The van der Waals surface area contributed by atoms with Gasteiger partial charge in [0.1, 0.15) is 0 Å². The topological polar surface area (TPSA) is 75.9 Å². The van der Waals surface area contributed by atoms with E-state index in [0.29, 0.717) is 12.4 Å². The molecule has 1 aliphatic carbocycles. The highest BCUT2D eigenvalue weighted by Crippen LogP contribution is 2.37. The van der Waals surface area contributed by atoms with Gasteiger partial charge in [0.15, 0.2) is 11.6 Å². The maximum absolute atomic E-state index is 13.2. The number of rotatable bonds is 4. The summed E-state index contributed by atoms with van der Waals surface area (Å²) < 4.78 is 1.80. The molecular weight excluding hydrogens is 436 g/mol. The molecule has 2 aromatic carbocycles. The van der Waals surface area contributed by atoms with Crippen molar-refractivity contribution in [2.45, 2.75) is 33.1 Å². The number of piperidine rings is 1. The maximum Gasteiger partial charge on any atom is 0.229 e. The fourth-order valence-corrected chi connectivity index (χ4v) is 5.33. The smallest absolute Gasteiger partial charge is 0.229 e. The first kappa shape index (κ1) is 21.5. The zero-order valence-corrected chi connectivity index (χ0v) is 20.0. The summed E-state index contributed by atoms with van der Waals surface area (Å²) in [6, 6.07) is 20.7. The molecule has 1 unspecified atom stereocenters. The number of amides is 1. The van der Waals surface area contributed by atoms with Crippen LogP contribution >= 0.6 is 0 Å². The van der Waals surface area contributed by atoms with E-state index in [1.807, 2.05) is 38.1 Å². The highest BCUT2D eigenvalue weighted by Gasteiger charge is 2.27. The Morgan fingerprint density at radius 3 is 2.54 bits per heavy atom. The molecule has 4 aromatic rings. The molecule has 2 aliphatic rings. The van der Waals surface area contributed by atoms with Gasteiger partial charge in [0.25, 0.3) is 0 Å². The molecule has 1 N–H and O–H groups in total. The predicted molar refractivity (Wildman–Crippen MR) is 137 cm³/mol. The minimum Gasteiger partial charge on any atom is -0.354 e. The number of fused-ring (bicyclic) bond motifs is 3. The van der Waals surface area contributed by atoms with Crippen LogP contribution in [0.4, 0.5) is 11.5 Å². The molecule has 1 fully saturated rings. The Morgan fingerprint density at radius 1 is 0.943 bits per heavy atom. The fraction of sp³-hybridized carbons (Fsp3) is 0.286. The van der Waals surface area contributed by atoms with Crippen LogP contribution in [-0.2, 0) is 11.2 Å². The van der Waals surface area contributed by atoms with Crippen LogP contribution in [0.3, 0.4) is 0 Å². The van der Waals surface area contributed by atoms with Crippen molar-refractivity contribution in [1.82, 2.24) is 20.0 Å². The second-order valence-electron chi connectivity index (χ2n) is 9.57. The van der Waals surface area contributed by atoms with E-state index in [0.717, 1.165) is 48.7 Å². The number of nitrogens with one attached hydrogen (secondary N) is 1. The van der Waals surface area contributed by atoms with Gasteiger partial charge in [0.05, 0.1) is 11.6 Å². The van der Waals surface area contributed by atoms with Gasteiger partial charge in [-0.2, -0.15) is 5.10 Å². The molecule has 1 atom stereocenters. The molecule has 0 bridgehead atoms. The van der Waals surface area contributed by atoms with E-state index in [1.165, 1.54) is 22.3 Å². The summed E-state index contributed by atoms with van der Waals surface area (Å²) in [5.74, 6) is 1.47. The Labute approximate surface area is 204 Å². The Hall–Kier alpha value is -4.00. The first-order valence-corrected chi connectivity index (χ1v) is 12.2. The van der Waals surface area contributed by atoms with Crippen molar-refractivity contribution in [3.8, 4) is 16.9 Å². The molecule has 176 valence electrons. The number of aryl methyl sites for hydroxylation is 2. The van der Waals surface area contributed by atoms with Crippen LogP contribution in [0.5, 0.6) is 0 Å². The van der Waals surface area contributed by atoms with Gasteiger partial charge in [-0.3, -0.25) is 4.79 Å². The molecular formula is C28H28N6O. The summed E-state index contributed by atoms with van der Waals surface area (Å²) in [5, 5.41) is 16.5. The number of benzene rings is 2.